The van der Waals surface area contributed by atoms with E-state index in [1.165, 1.54) is 13.3 Å². The number of methoxy groups -OCH3 is 1. The quantitative estimate of drug-likeness (QED) is 0.512. The fraction of sp³-hybridized carbons (Fsp3) is 0.583. The zero-order chi connectivity index (χ0) is 25.2. The molecule has 4 atom stereocenters. The van der Waals surface area contributed by atoms with Crippen LogP contribution in [-0.2, 0) is 9.47 Å². The highest BCUT2D eigenvalue weighted by Gasteiger charge is 2.50. The van der Waals surface area contributed by atoms with Gasteiger partial charge in [0.15, 0.2) is 18.8 Å². The lowest BCUT2D eigenvalue weighted by Crippen LogP contribution is -2.63. The van der Waals surface area contributed by atoms with E-state index in [4.69, 9.17) is 30.5 Å². The minimum atomic E-state index is -1.38. The maximum atomic E-state index is 15.5. The Morgan fingerprint density at radius 1 is 1.26 bits per heavy atom. The van der Waals surface area contributed by atoms with E-state index in [9.17, 15) is 4.79 Å². The van der Waals surface area contributed by atoms with Gasteiger partial charge in [-0.2, -0.15) is 0 Å². The molecule has 0 aliphatic carbocycles. The Balaban J connectivity index is 1.47. The number of rotatable bonds is 6. The van der Waals surface area contributed by atoms with Crippen LogP contribution in [0.1, 0.15) is 46.5 Å². The van der Waals surface area contributed by atoms with Crippen LogP contribution in [-0.4, -0.2) is 70.0 Å². The molecule has 2 saturated heterocycles. The summed E-state index contributed by atoms with van der Waals surface area (Å²) >= 11 is 6.07. The number of aromatic nitrogens is 3. The number of carbonyl (C=O) groups excluding carboxylic acids is 1. The van der Waals surface area contributed by atoms with Crippen molar-refractivity contribution in [3.8, 4) is 23.0 Å². The summed E-state index contributed by atoms with van der Waals surface area (Å²) in [6.45, 7) is 5.44. The van der Waals surface area contributed by atoms with Gasteiger partial charge in [-0.05, 0) is 58.2 Å². The molecule has 4 rings (SSSR count). The second-order valence-corrected chi connectivity index (χ2v) is 10.1. The molecule has 0 spiro atoms. The lowest BCUT2D eigenvalue weighted by molar-refractivity contribution is -0.0802. The fourth-order valence-corrected chi connectivity index (χ4v) is 4.70. The summed E-state index contributed by atoms with van der Waals surface area (Å²) in [5.74, 6) is 0.855. The number of benzene rings is 1. The minimum Gasteiger partial charge on any atom is -0.469 e. The van der Waals surface area contributed by atoms with Gasteiger partial charge in [0.05, 0.1) is 17.8 Å². The average molecular weight is 509 g/mol. The molecule has 2 fully saturated rings. The number of hydrogen-bond donors (Lipinski definition) is 0. The van der Waals surface area contributed by atoms with E-state index < -0.39 is 30.0 Å². The first kappa shape index (κ1) is 25.4. The van der Waals surface area contributed by atoms with Crippen molar-refractivity contribution in [1.29, 1.82) is 0 Å². The number of carbonyl (C=O) groups is 1. The van der Waals surface area contributed by atoms with E-state index in [2.05, 4.69) is 15.2 Å². The van der Waals surface area contributed by atoms with E-state index in [0.29, 0.717) is 35.0 Å². The van der Waals surface area contributed by atoms with Crippen LogP contribution in [0.25, 0.3) is 11.4 Å². The van der Waals surface area contributed by atoms with Gasteiger partial charge in [0.25, 0.3) is 5.88 Å². The predicted molar refractivity (Wildman–Crippen MR) is 126 cm³/mol. The first-order valence-corrected chi connectivity index (χ1v) is 12.0. The first-order chi connectivity index (χ1) is 16.7. The van der Waals surface area contributed by atoms with Gasteiger partial charge in [0.1, 0.15) is 17.5 Å². The largest absolute Gasteiger partial charge is 0.469 e. The van der Waals surface area contributed by atoms with E-state index in [1.54, 1.807) is 43.9 Å². The van der Waals surface area contributed by atoms with Crippen LogP contribution in [0.15, 0.2) is 24.4 Å². The lowest BCUT2D eigenvalue weighted by atomic mass is 9.82. The van der Waals surface area contributed by atoms with Crippen LogP contribution in [0.2, 0.25) is 5.02 Å². The molecule has 35 heavy (non-hydrogen) atoms. The Bertz CT molecular complexity index is 1040. The minimum absolute atomic E-state index is 0.0319. The van der Waals surface area contributed by atoms with Crippen LogP contribution in [0, 0.1) is 0 Å². The lowest BCUT2D eigenvalue weighted by Gasteiger charge is -2.49. The third kappa shape index (κ3) is 5.92. The highest BCUT2D eigenvalue weighted by atomic mass is 35.5. The summed E-state index contributed by atoms with van der Waals surface area (Å²) < 4.78 is 37.4. The molecule has 1 aromatic carbocycles. The Kier molecular flexibility index (Phi) is 7.61. The second-order valence-electron chi connectivity index (χ2n) is 9.69. The molecular formula is C24H30ClFN4O5. The third-order valence-electron chi connectivity index (χ3n) is 5.95. The first-order valence-electron chi connectivity index (χ1n) is 11.6. The van der Waals surface area contributed by atoms with E-state index in [1.807, 2.05) is 0 Å². The summed E-state index contributed by atoms with van der Waals surface area (Å²) in [6, 6.07) is 4.28. The zero-order valence-electron chi connectivity index (χ0n) is 20.2. The topological polar surface area (TPSA) is 95.9 Å². The number of piperidine rings is 2. The van der Waals surface area contributed by atoms with Gasteiger partial charge >= 0.3 is 6.09 Å². The molecule has 190 valence electrons. The van der Waals surface area contributed by atoms with Crippen molar-refractivity contribution in [3.05, 3.63) is 29.4 Å². The zero-order valence-corrected chi connectivity index (χ0v) is 21.0. The molecule has 0 saturated carbocycles. The van der Waals surface area contributed by atoms with Crippen LogP contribution >= 0.6 is 11.6 Å². The number of fused-ring (bicyclic) bond motifs is 2. The molecule has 1 amide bonds. The third-order valence-corrected chi connectivity index (χ3v) is 6.18. The number of hydrogen-bond acceptors (Lipinski definition) is 8. The van der Waals surface area contributed by atoms with Crippen LogP contribution in [0.5, 0.6) is 11.6 Å². The summed E-state index contributed by atoms with van der Waals surface area (Å²) in [5.41, 5.74) is -0.0689. The normalized spacial score (nSPS) is 24.1. The Morgan fingerprint density at radius 3 is 2.74 bits per heavy atom. The van der Waals surface area contributed by atoms with Crippen molar-refractivity contribution in [2.24, 2.45) is 0 Å². The van der Waals surface area contributed by atoms with Crippen LogP contribution in [0.4, 0.5) is 9.18 Å². The van der Waals surface area contributed by atoms with Crippen molar-refractivity contribution < 1.29 is 28.1 Å². The molecule has 9 nitrogen and oxygen atoms in total. The fourth-order valence-electron chi connectivity index (χ4n) is 4.53. The maximum Gasteiger partial charge on any atom is 0.410 e. The maximum absolute atomic E-state index is 15.5. The molecule has 3 heterocycles. The monoisotopic (exact) mass is 508 g/mol. The van der Waals surface area contributed by atoms with Gasteiger partial charge in [-0.25, -0.2) is 14.2 Å². The van der Waals surface area contributed by atoms with Crippen molar-refractivity contribution in [3.63, 3.8) is 0 Å². The smallest absolute Gasteiger partial charge is 0.410 e. The summed E-state index contributed by atoms with van der Waals surface area (Å²) in [4.78, 5) is 18.6. The van der Waals surface area contributed by atoms with Gasteiger partial charge in [0, 0.05) is 24.6 Å². The van der Waals surface area contributed by atoms with Crippen molar-refractivity contribution in [2.45, 2.75) is 76.4 Å². The van der Waals surface area contributed by atoms with Gasteiger partial charge in [-0.3, -0.25) is 4.90 Å². The molecule has 0 N–H and O–H groups in total. The number of nitrogens with zero attached hydrogens (tertiary/aromatic N) is 4. The van der Waals surface area contributed by atoms with E-state index >= 15 is 4.39 Å². The van der Waals surface area contributed by atoms with Gasteiger partial charge in [-0.15, -0.1) is 10.2 Å². The number of ether oxygens (including phenoxy) is 4. The van der Waals surface area contributed by atoms with Crippen molar-refractivity contribution in [2.75, 3.05) is 13.9 Å². The molecule has 2 aliphatic rings. The van der Waals surface area contributed by atoms with Crippen molar-refractivity contribution >= 4 is 17.7 Å². The predicted octanol–water partition coefficient (Wildman–Crippen LogP) is 4.82. The average Bonchev–Trinajstić information content (AvgIpc) is 2.80. The summed E-state index contributed by atoms with van der Waals surface area (Å²) in [5, 5.41) is 8.72. The Morgan fingerprint density at radius 2 is 2.06 bits per heavy atom. The van der Waals surface area contributed by atoms with E-state index in [-0.39, 0.29) is 18.7 Å². The number of halogens is 2. The van der Waals surface area contributed by atoms with Gasteiger partial charge < -0.3 is 18.9 Å². The van der Waals surface area contributed by atoms with Crippen LogP contribution in [0.3, 0.4) is 0 Å². The Hall–Kier alpha value is -2.72. The highest BCUT2D eigenvalue weighted by Crippen LogP contribution is 2.38. The summed E-state index contributed by atoms with van der Waals surface area (Å²) in [7, 11) is 1.51. The SMILES string of the molecule is COCOc1cc(Cl)ccc1-c1ncc(O[C@@H]2CC3CCCC([C@@H]2F)N3C(=O)OC(C)(C)C)nn1. The van der Waals surface area contributed by atoms with Crippen molar-refractivity contribution in [1.82, 2.24) is 20.1 Å². The molecule has 0 radical (unpaired) electrons. The number of alkyl halides is 1. The standard InChI is InChI=1S/C24H30ClFN4O5/c1-24(2,3)35-23(31)30-15-6-5-7-17(30)21(26)19(11-15)34-20-12-27-22(29-28-20)16-9-8-14(25)10-18(16)33-13-32-4/h8-10,12,15,17,19,21H,5-7,11,13H2,1-4H3/t15?,17?,19-,21+/m1/s1. The molecule has 2 unspecified atom stereocenters. The molecule has 1 aromatic heterocycles. The van der Waals surface area contributed by atoms with Crippen LogP contribution < -0.4 is 9.47 Å². The molecule has 2 bridgehead atoms. The molecule has 11 heteroatoms. The second kappa shape index (κ2) is 10.5. The molecule has 2 aliphatic heterocycles. The summed E-state index contributed by atoms with van der Waals surface area (Å²) in [6.07, 6.45) is 1.30. The highest BCUT2D eigenvalue weighted by molar-refractivity contribution is 6.30. The number of amides is 1. The Labute approximate surface area is 208 Å². The van der Waals surface area contributed by atoms with Gasteiger partial charge in [0.2, 0.25) is 0 Å². The van der Waals surface area contributed by atoms with Gasteiger partial charge in [-0.1, -0.05) is 11.6 Å². The van der Waals surface area contributed by atoms with E-state index in [0.717, 1.165) is 12.8 Å². The molecular weight excluding hydrogens is 479 g/mol. The molecule has 2 aromatic rings.